The van der Waals surface area contributed by atoms with Gasteiger partial charge in [-0.2, -0.15) is 0 Å². The van der Waals surface area contributed by atoms with Crippen LogP contribution in [-0.2, 0) is 11.2 Å². The monoisotopic (exact) mass is 211 g/mol. The van der Waals surface area contributed by atoms with Gasteiger partial charge in [-0.15, -0.1) is 0 Å². The number of rotatable bonds is 2. The molecular weight excluding hydrogens is 198 g/mol. The fourth-order valence-corrected chi connectivity index (χ4v) is 2.10. The molecule has 0 radical (unpaired) electrons. The molecule has 0 amide bonds. The summed E-state index contributed by atoms with van der Waals surface area (Å²) < 4.78 is 5.46. The lowest BCUT2D eigenvalue weighted by atomic mass is 10.0. The molecule has 2 aromatic carbocycles. The van der Waals surface area contributed by atoms with Gasteiger partial charge in [0.15, 0.2) is 5.90 Å². The first kappa shape index (κ1) is 9.40. The molecule has 0 fully saturated rings. The van der Waals surface area contributed by atoms with Gasteiger partial charge in [0.05, 0.1) is 6.54 Å². The normalized spacial score (nSPS) is 14.9. The molecule has 0 saturated heterocycles. The Morgan fingerprint density at radius 1 is 1.06 bits per heavy atom. The number of hydrogen-bond donors (Lipinski definition) is 0. The molecule has 1 heterocycles. The summed E-state index contributed by atoms with van der Waals surface area (Å²) in [6, 6.07) is 14.8. The SMILES string of the molecule is c1ccc2c(CC3=NCCO3)cccc2c1. The molecule has 3 rings (SSSR count). The Morgan fingerprint density at radius 3 is 2.81 bits per heavy atom. The van der Waals surface area contributed by atoms with Crippen LogP contribution < -0.4 is 0 Å². The fourth-order valence-electron chi connectivity index (χ4n) is 2.10. The van der Waals surface area contributed by atoms with Crippen molar-refractivity contribution in [1.82, 2.24) is 0 Å². The van der Waals surface area contributed by atoms with Crippen molar-refractivity contribution in [3.05, 3.63) is 48.0 Å². The molecule has 0 atom stereocenters. The average Bonchev–Trinajstić information content (AvgIpc) is 2.82. The second-order valence-corrected chi connectivity index (χ2v) is 3.94. The molecule has 0 aliphatic carbocycles. The Labute approximate surface area is 94.6 Å². The molecule has 0 aromatic heterocycles. The minimum Gasteiger partial charge on any atom is -0.479 e. The summed E-state index contributed by atoms with van der Waals surface area (Å²) in [5.74, 6) is 0.872. The Bertz CT molecular complexity index is 540. The third-order valence-electron chi connectivity index (χ3n) is 2.87. The first-order chi connectivity index (χ1) is 7.93. The van der Waals surface area contributed by atoms with Gasteiger partial charge in [0, 0.05) is 6.42 Å². The quantitative estimate of drug-likeness (QED) is 0.748. The lowest BCUT2D eigenvalue weighted by Crippen LogP contribution is -2.03. The lowest BCUT2D eigenvalue weighted by molar-refractivity contribution is 0.341. The Hall–Kier alpha value is -1.83. The first-order valence-corrected chi connectivity index (χ1v) is 5.56. The summed E-state index contributed by atoms with van der Waals surface area (Å²) in [5.41, 5.74) is 1.29. The van der Waals surface area contributed by atoms with Crippen LogP contribution in [0.1, 0.15) is 5.56 Å². The van der Waals surface area contributed by atoms with Crippen LogP contribution in [0.15, 0.2) is 47.5 Å². The Kier molecular flexibility index (Phi) is 2.33. The minimum atomic E-state index is 0.736. The van der Waals surface area contributed by atoms with Crippen LogP contribution in [0.4, 0.5) is 0 Å². The van der Waals surface area contributed by atoms with Gasteiger partial charge >= 0.3 is 0 Å². The second-order valence-electron chi connectivity index (χ2n) is 3.94. The van der Waals surface area contributed by atoms with E-state index in [0.717, 1.165) is 25.5 Å². The van der Waals surface area contributed by atoms with E-state index in [2.05, 4.69) is 47.5 Å². The van der Waals surface area contributed by atoms with E-state index in [4.69, 9.17) is 4.74 Å². The van der Waals surface area contributed by atoms with Gasteiger partial charge in [-0.1, -0.05) is 42.5 Å². The lowest BCUT2D eigenvalue weighted by Gasteiger charge is -2.06. The van der Waals surface area contributed by atoms with Crippen molar-refractivity contribution in [3.8, 4) is 0 Å². The third-order valence-corrected chi connectivity index (χ3v) is 2.87. The van der Waals surface area contributed by atoms with Gasteiger partial charge in [-0.25, -0.2) is 0 Å². The molecule has 1 aliphatic rings. The van der Waals surface area contributed by atoms with Crippen LogP contribution in [0.5, 0.6) is 0 Å². The summed E-state index contributed by atoms with van der Waals surface area (Å²) in [7, 11) is 0. The highest BCUT2D eigenvalue weighted by Crippen LogP contribution is 2.19. The van der Waals surface area contributed by atoms with E-state index in [-0.39, 0.29) is 0 Å². The number of aliphatic imine (C=N–C) groups is 1. The zero-order valence-electron chi connectivity index (χ0n) is 9.02. The van der Waals surface area contributed by atoms with Crippen LogP contribution >= 0.6 is 0 Å². The van der Waals surface area contributed by atoms with Crippen molar-refractivity contribution in [3.63, 3.8) is 0 Å². The van der Waals surface area contributed by atoms with E-state index in [0.29, 0.717) is 0 Å². The van der Waals surface area contributed by atoms with Gasteiger partial charge in [0.2, 0.25) is 0 Å². The number of benzene rings is 2. The molecule has 0 unspecified atom stereocenters. The van der Waals surface area contributed by atoms with Gasteiger partial charge in [-0.05, 0) is 16.3 Å². The molecule has 80 valence electrons. The number of fused-ring (bicyclic) bond motifs is 1. The van der Waals surface area contributed by atoms with Crippen molar-refractivity contribution in [2.45, 2.75) is 6.42 Å². The Balaban J connectivity index is 2.02. The molecule has 16 heavy (non-hydrogen) atoms. The molecule has 0 saturated carbocycles. The standard InChI is InChI=1S/C14H13NO/c1-2-7-13-11(4-1)5-3-6-12(13)10-14-15-8-9-16-14/h1-7H,8-10H2. The van der Waals surface area contributed by atoms with E-state index in [1.165, 1.54) is 16.3 Å². The summed E-state index contributed by atoms with van der Waals surface area (Å²) in [4.78, 5) is 4.33. The molecule has 0 spiro atoms. The molecule has 2 nitrogen and oxygen atoms in total. The van der Waals surface area contributed by atoms with Crippen LogP contribution in [0.25, 0.3) is 10.8 Å². The summed E-state index contributed by atoms with van der Waals surface area (Å²) in [6.07, 6.45) is 0.807. The average molecular weight is 211 g/mol. The van der Waals surface area contributed by atoms with E-state index < -0.39 is 0 Å². The zero-order chi connectivity index (χ0) is 10.8. The van der Waals surface area contributed by atoms with Gasteiger partial charge in [0.25, 0.3) is 0 Å². The smallest absolute Gasteiger partial charge is 0.187 e. The highest BCUT2D eigenvalue weighted by molar-refractivity contribution is 5.90. The molecule has 0 bridgehead atoms. The Morgan fingerprint density at radius 2 is 1.94 bits per heavy atom. The second kappa shape index (κ2) is 3.97. The number of hydrogen-bond acceptors (Lipinski definition) is 2. The van der Waals surface area contributed by atoms with E-state index in [9.17, 15) is 0 Å². The molecule has 2 heteroatoms. The zero-order valence-corrected chi connectivity index (χ0v) is 9.02. The van der Waals surface area contributed by atoms with Crippen molar-refractivity contribution in [2.24, 2.45) is 4.99 Å². The number of ether oxygens (including phenoxy) is 1. The maximum atomic E-state index is 5.46. The maximum Gasteiger partial charge on any atom is 0.187 e. The van der Waals surface area contributed by atoms with Gasteiger partial charge in [-0.3, -0.25) is 4.99 Å². The van der Waals surface area contributed by atoms with Crippen LogP contribution in [-0.4, -0.2) is 19.0 Å². The van der Waals surface area contributed by atoms with Crippen molar-refractivity contribution in [1.29, 1.82) is 0 Å². The van der Waals surface area contributed by atoms with Gasteiger partial charge in [0.1, 0.15) is 6.61 Å². The van der Waals surface area contributed by atoms with Crippen molar-refractivity contribution < 1.29 is 4.74 Å². The van der Waals surface area contributed by atoms with E-state index in [1.807, 2.05) is 0 Å². The largest absolute Gasteiger partial charge is 0.479 e. The fraction of sp³-hybridized carbons (Fsp3) is 0.214. The van der Waals surface area contributed by atoms with Crippen molar-refractivity contribution in [2.75, 3.05) is 13.2 Å². The van der Waals surface area contributed by atoms with E-state index in [1.54, 1.807) is 0 Å². The minimum absolute atomic E-state index is 0.736. The highest BCUT2D eigenvalue weighted by atomic mass is 16.5. The van der Waals surface area contributed by atoms with Crippen LogP contribution in [0.3, 0.4) is 0 Å². The molecular formula is C14H13NO. The summed E-state index contributed by atoms with van der Waals surface area (Å²) in [6.45, 7) is 1.54. The third kappa shape index (κ3) is 1.67. The van der Waals surface area contributed by atoms with Crippen molar-refractivity contribution >= 4 is 16.7 Å². The topological polar surface area (TPSA) is 21.6 Å². The first-order valence-electron chi connectivity index (χ1n) is 5.56. The van der Waals surface area contributed by atoms with Crippen LogP contribution in [0.2, 0.25) is 0 Å². The highest BCUT2D eigenvalue weighted by Gasteiger charge is 2.09. The van der Waals surface area contributed by atoms with Gasteiger partial charge < -0.3 is 4.74 Å². The summed E-state index contributed by atoms with van der Waals surface area (Å²) >= 11 is 0. The molecule has 2 aromatic rings. The maximum absolute atomic E-state index is 5.46. The van der Waals surface area contributed by atoms with E-state index >= 15 is 0 Å². The molecule has 1 aliphatic heterocycles. The van der Waals surface area contributed by atoms with Crippen LogP contribution in [0, 0.1) is 0 Å². The molecule has 0 N–H and O–H groups in total. The predicted octanol–water partition coefficient (Wildman–Crippen LogP) is 2.81. The number of nitrogens with zero attached hydrogens (tertiary/aromatic N) is 1. The summed E-state index contributed by atoms with van der Waals surface area (Å²) in [5, 5.41) is 2.57. The predicted molar refractivity (Wildman–Crippen MR) is 65.9 cm³/mol.